The number of hydrogen-bond acceptors (Lipinski definition) is 2. The molecule has 1 rings (SSSR count). The highest BCUT2D eigenvalue weighted by molar-refractivity contribution is 5.96. The van der Waals surface area contributed by atoms with Gasteiger partial charge in [0, 0.05) is 5.56 Å². The Kier molecular flexibility index (Phi) is 4.89. The van der Waals surface area contributed by atoms with Crippen molar-refractivity contribution in [3.63, 3.8) is 0 Å². The van der Waals surface area contributed by atoms with E-state index in [-0.39, 0.29) is 5.91 Å². The second kappa shape index (κ2) is 6.19. The van der Waals surface area contributed by atoms with Gasteiger partial charge in [-0.1, -0.05) is 32.9 Å². The maximum atomic E-state index is 11.8. The maximum Gasteiger partial charge on any atom is 0.326 e. The standard InChI is InChI=1S/C14H19NO3/c1-4-12(14(17)18)15-13(16)11-7-5-10(6-8-11)9(2)3/h5-9,12H,4H2,1-3H3,(H,15,16)(H,17,18)/t12-/m0/s1. The van der Waals surface area contributed by atoms with Gasteiger partial charge in [0.2, 0.25) is 0 Å². The Balaban J connectivity index is 2.75. The summed E-state index contributed by atoms with van der Waals surface area (Å²) in [6.45, 7) is 5.88. The summed E-state index contributed by atoms with van der Waals surface area (Å²) in [4.78, 5) is 22.7. The fourth-order valence-electron chi connectivity index (χ4n) is 1.60. The Labute approximate surface area is 107 Å². The molecular weight excluding hydrogens is 230 g/mol. The lowest BCUT2D eigenvalue weighted by atomic mass is 10.0. The van der Waals surface area contributed by atoms with Crippen LogP contribution in [0, 0.1) is 0 Å². The Morgan fingerprint density at radius 2 is 1.78 bits per heavy atom. The van der Waals surface area contributed by atoms with Crippen molar-refractivity contribution in [2.75, 3.05) is 0 Å². The molecule has 1 atom stereocenters. The zero-order chi connectivity index (χ0) is 13.7. The molecular formula is C14H19NO3. The Morgan fingerprint density at radius 3 is 2.17 bits per heavy atom. The minimum Gasteiger partial charge on any atom is -0.480 e. The van der Waals surface area contributed by atoms with Crippen LogP contribution < -0.4 is 5.32 Å². The number of amides is 1. The van der Waals surface area contributed by atoms with Crippen molar-refractivity contribution >= 4 is 11.9 Å². The summed E-state index contributed by atoms with van der Waals surface area (Å²) in [6, 6.07) is 6.39. The molecule has 0 radical (unpaired) electrons. The lowest BCUT2D eigenvalue weighted by Crippen LogP contribution is -2.40. The van der Waals surface area contributed by atoms with Crippen LogP contribution in [0.1, 0.15) is 49.0 Å². The van der Waals surface area contributed by atoms with Crippen LogP contribution >= 0.6 is 0 Å². The first-order valence-electron chi connectivity index (χ1n) is 6.09. The van der Waals surface area contributed by atoms with Gasteiger partial charge in [0.15, 0.2) is 0 Å². The van der Waals surface area contributed by atoms with Crippen LogP contribution in [0.4, 0.5) is 0 Å². The van der Waals surface area contributed by atoms with E-state index in [2.05, 4.69) is 19.2 Å². The van der Waals surface area contributed by atoms with Gasteiger partial charge in [0.05, 0.1) is 0 Å². The van der Waals surface area contributed by atoms with E-state index in [1.54, 1.807) is 19.1 Å². The topological polar surface area (TPSA) is 66.4 Å². The van der Waals surface area contributed by atoms with Crippen molar-refractivity contribution in [1.82, 2.24) is 5.32 Å². The molecule has 0 fully saturated rings. The molecule has 0 bridgehead atoms. The van der Waals surface area contributed by atoms with Crippen molar-refractivity contribution in [1.29, 1.82) is 0 Å². The fourth-order valence-corrected chi connectivity index (χ4v) is 1.60. The summed E-state index contributed by atoms with van der Waals surface area (Å²) in [7, 11) is 0. The van der Waals surface area contributed by atoms with Crippen LogP contribution in [-0.2, 0) is 4.79 Å². The lowest BCUT2D eigenvalue weighted by molar-refractivity contribution is -0.139. The summed E-state index contributed by atoms with van der Waals surface area (Å²) in [5.41, 5.74) is 1.64. The van der Waals surface area contributed by atoms with Gasteiger partial charge in [-0.15, -0.1) is 0 Å². The molecule has 2 N–H and O–H groups in total. The van der Waals surface area contributed by atoms with Gasteiger partial charge in [-0.2, -0.15) is 0 Å². The number of carboxylic acid groups (broad SMARTS) is 1. The Morgan fingerprint density at radius 1 is 1.22 bits per heavy atom. The molecule has 18 heavy (non-hydrogen) atoms. The third-order valence-electron chi connectivity index (χ3n) is 2.85. The van der Waals surface area contributed by atoms with E-state index in [0.717, 1.165) is 5.56 Å². The predicted octanol–water partition coefficient (Wildman–Crippen LogP) is 2.40. The molecule has 0 aromatic heterocycles. The number of hydrogen-bond donors (Lipinski definition) is 2. The third kappa shape index (κ3) is 3.58. The predicted molar refractivity (Wildman–Crippen MR) is 69.7 cm³/mol. The molecule has 0 saturated carbocycles. The first-order chi connectivity index (χ1) is 8.45. The Bertz CT molecular complexity index is 423. The van der Waals surface area contributed by atoms with Gasteiger partial charge in [0.25, 0.3) is 5.91 Å². The number of carboxylic acids is 1. The summed E-state index contributed by atoms with van der Waals surface area (Å²) in [6.07, 6.45) is 0.366. The van der Waals surface area contributed by atoms with Gasteiger partial charge in [-0.05, 0) is 30.0 Å². The highest BCUT2D eigenvalue weighted by Gasteiger charge is 2.18. The monoisotopic (exact) mass is 249 g/mol. The second-order valence-corrected chi connectivity index (χ2v) is 4.55. The molecule has 0 saturated heterocycles. The van der Waals surface area contributed by atoms with E-state index in [1.807, 2.05) is 12.1 Å². The lowest BCUT2D eigenvalue weighted by Gasteiger charge is -2.12. The molecule has 0 unspecified atom stereocenters. The van der Waals surface area contributed by atoms with E-state index < -0.39 is 12.0 Å². The molecule has 1 aromatic carbocycles. The molecule has 0 aliphatic heterocycles. The van der Waals surface area contributed by atoms with Crippen molar-refractivity contribution in [2.24, 2.45) is 0 Å². The summed E-state index contributed by atoms with van der Waals surface area (Å²) in [5.74, 6) is -0.950. The number of rotatable bonds is 5. The molecule has 4 heteroatoms. The van der Waals surface area contributed by atoms with Crippen molar-refractivity contribution in [3.05, 3.63) is 35.4 Å². The van der Waals surface area contributed by atoms with Crippen molar-refractivity contribution in [2.45, 2.75) is 39.2 Å². The number of nitrogens with one attached hydrogen (secondary N) is 1. The average Bonchev–Trinajstić information content (AvgIpc) is 2.35. The molecule has 98 valence electrons. The van der Waals surface area contributed by atoms with Gasteiger partial charge in [0.1, 0.15) is 6.04 Å². The Hall–Kier alpha value is -1.84. The van der Waals surface area contributed by atoms with E-state index in [1.165, 1.54) is 0 Å². The minimum absolute atomic E-state index is 0.348. The number of carbonyl (C=O) groups is 2. The van der Waals surface area contributed by atoms with Gasteiger partial charge in [-0.25, -0.2) is 4.79 Å². The molecule has 1 amide bonds. The SMILES string of the molecule is CC[C@H](NC(=O)c1ccc(C(C)C)cc1)C(=O)O. The van der Waals surface area contributed by atoms with Crippen LogP contribution in [0.15, 0.2) is 24.3 Å². The zero-order valence-corrected chi connectivity index (χ0v) is 10.9. The van der Waals surface area contributed by atoms with Crippen LogP contribution in [0.3, 0.4) is 0 Å². The van der Waals surface area contributed by atoms with E-state index in [9.17, 15) is 9.59 Å². The zero-order valence-electron chi connectivity index (χ0n) is 10.9. The molecule has 0 heterocycles. The third-order valence-corrected chi connectivity index (χ3v) is 2.85. The van der Waals surface area contributed by atoms with Crippen LogP contribution in [0.2, 0.25) is 0 Å². The van der Waals surface area contributed by atoms with Crippen LogP contribution in [-0.4, -0.2) is 23.0 Å². The smallest absolute Gasteiger partial charge is 0.326 e. The summed E-state index contributed by atoms with van der Waals surface area (Å²) in [5, 5.41) is 11.4. The molecule has 0 aliphatic carbocycles. The van der Waals surface area contributed by atoms with E-state index in [0.29, 0.717) is 17.9 Å². The summed E-state index contributed by atoms with van der Waals surface area (Å²) < 4.78 is 0. The van der Waals surface area contributed by atoms with Gasteiger partial charge < -0.3 is 10.4 Å². The van der Waals surface area contributed by atoms with Crippen LogP contribution in [0.25, 0.3) is 0 Å². The van der Waals surface area contributed by atoms with Crippen LogP contribution in [0.5, 0.6) is 0 Å². The molecule has 4 nitrogen and oxygen atoms in total. The first kappa shape index (κ1) is 14.2. The number of benzene rings is 1. The van der Waals surface area contributed by atoms with Gasteiger partial charge in [-0.3, -0.25) is 4.79 Å². The molecule has 1 aromatic rings. The van der Waals surface area contributed by atoms with Crippen molar-refractivity contribution < 1.29 is 14.7 Å². The van der Waals surface area contributed by atoms with E-state index >= 15 is 0 Å². The summed E-state index contributed by atoms with van der Waals surface area (Å²) >= 11 is 0. The maximum absolute atomic E-state index is 11.8. The largest absolute Gasteiger partial charge is 0.480 e. The van der Waals surface area contributed by atoms with E-state index in [4.69, 9.17) is 5.11 Å². The molecule has 0 spiro atoms. The highest BCUT2D eigenvalue weighted by Crippen LogP contribution is 2.14. The first-order valence-corrected chi connectivity index (χ1v) is 6.09. The average molecular weight is 249 g/mol. The fraction of sp³-hybridized carbons (Fsp3) is 0.429. The van der Waals surface area contributed by atoms with Gasteiger partial charge >= 0.3 is 5.97 Å². The molecule has 0 aliphatic rings. The number of aliphatic carboxylic acids is 1. The highest BCUT2D eigenvalue weighted by atomic mass is 16.4. The van der Waals surface area contributed by atoms with Crippen molar-refractivity contribution in [3.8, 4) is 0 Å². The normalized spacial score (nSPS) is 12.2. The quantitative estimate of drug-likeness (QED) is 0.842. The minimum atomic E-state index is -1.01. The second-order valence-electron chi connectivity index (χ2n) is 4.55. The number of carbonyl (C=O) groups excluding carboxylic acids is 1.